The molecule has 0 fully saturated rings. The predicted molar refractivity (Wildman–Crippen MR) is 97.0 cm³/mol. The number of hydrogen-bond acceptors (Lipinski definition) is 8. The summed E-state index contributed by atoms with van der Waals surface area (Å²) >= 11 is 0. The first-order chi connectivity index (χ1) is 12.9. The lowest BCUT2D eigenvalue weighted by atomic mass is 10.1. The maximum atomic E-state index is 12.1. The third-order valence-corrected chi connectivity index (χ3v) is 3.76. The molecule has 0 amide bonds. The summed E-state index contributed by atoms with van der Waals surface area (Å²) in [7, 11) is 2.95. The Balaban J connectivity index is 2.04. The number of methoxy groups -OCH3 is 2. The summed E-state index contributed by atoms with van der Waals surface area (Å²) in [5, 5.41) is 21.1. The molecule has 9 nitrogen and oxygen atoms in total. The third-order valence-electron chi connectivity index (χ3n) is 3.76. The smallest absolute Gasteiger partial charge is 0.362 e. The number of nitro benzene ring substituents is 1. The molecule has 0 radical (unpaired) electrons. The van der Waals surface area contributed by atoms with E-state index in [4.69, 9.17) is 13.9 Å². The number of non-ortho nitro benzene ring substituents is 1. The van der Waals surface area contributed by atoms with Crippen molar-refractivity contribution in [1.82, 2.24) is 4.98 Å². The maximum absolute atomic E-state index is 12.1. The van der Waals surface area contributed by atoms with Crippen molar-refractivity contribution in [2.24, 2.45) is 0 Å². The van der Waals surface area contributed by atoms with Gasteiger partial charge in [0.1, 0.15) is 11.3 Å². The molecule has 27 heavy (non-hydrogen) atoms. The van der Waals surface area contributed by atoms with Gasteiger partial charge < -0.3 is 19.0 Å². The van der Waals surface area contributed by atoms with Crippen LogP contribution in [0.15, 0.2) is 45.6 Å². The molecule has 0 saturated heterocycles. The van der Waals surface area contributed by atoms with Gasteiger partial charge in [-0.05, 0) is 24.3 Å². The molecule has 0 saturated carbocycles. The summed E-state index contributed by atoms with van der Waals surface area (Å²) in [4.78, 5) is 26.4. The SMILES string of the molecule is COc1ccc(C(O)=Cc2nc3ccc([N+](=O)[O-])cc3oc2=O)cc1OC. The fourth-order valence-electron chi connectivity index (χ4n) is 2.42. The van der Waals surface area contributed by atoms with E-state index in [1.807, 2.05) is 0 Å². The van der Waals surface area contributed by atoms with Gasteiger partial charge in [-0.1, -0.05) is 0 Å². The van der Waals surface area contributed by atoms with Crippen LogP contribution in [0.1, 0.15) is 11.3 Å². The Morgan fingerprint density at radius 3 is 2.59 bits per heavy atom. The lowest BCUT2D eigenvalue weighted by Crippen LogP contribution is -2.07. The van der Waals surface area contributed by atoms with Gasteiger partial charge in [-0.2, -0.15) is 0 Å². The number of hydrogen-bond donors (Lipinski definition) is 1. The Labute approximate surface area is 152 Å². The lowest BCUT2D eigenvalue weighted by Gasteiger charge is -2.09. The Bertz CT molecular complexity index is 1120. The highest BCUT2D eigenvalue weighted by Gasteiger charge is 2.13. The Morgan fingerprint density at radius 2 is 1.93 bits per heavy atom. The molecule has 0 aliphatic carbocycles. The van der Waals surface area contributed by atoms with E-state index in [2.05, 4.69) is 4.98 Å². The van der Waals surface area contributed by atoms with Crippen LogP contribution in [0.4, 0.5) is 5.69 Å². The fourth-order valence-corrected chi connectivity index (χ4v) is 2.42. The van der Waals surface area contributed by atoms with Crippen molar-refractivity contribution in [1.29, 1.82) is 0 Å². The van der Waals surface area contributed by atoms with Crippen LogP contribution in [0.25, 0.3) is 22.9 Å². The molecule has 1 aromatic heterocycles. The number of nitrogens with zero attached hydrogens (tertiary/aromatic N) is 2. The van der Waals surface area contributed by atoms with Crippen LogP contribution in [-0.4, -0.2) is 29.2 Å². The zero-order chi connectivity index (χ0) is 19.6. The quantitative estimate of drug-likeness (QED) is 0.412. The summed E-state index contributed by atoms with van der Waals surface area (Å²) in [5.74, 6) is 0.650. The number of nitro groups is 1. The van der Waals surface area contributed by atoms with Gasteiger partial charge in [0, 0.05) is 17.7 Å². The third kappa shape index (κ3) is 3.56. The summed E-state index contributed by atoms with van der Waals surface area (Å²) in [5.41, 5.74) is -0.608. The molecule has 0 atom stereocenters. The summed E-state index contributed by atoms with van der Waals surface area (Å²) in [6.45, 7) is 0. The molecule has 9 heteroatoms. The van der Waals surface area contributed by atoms with Crippen LogP contribution in [0.3, 0.4) is 0 Å². The zero-order valence-electron chi connectivity index (χ0n) is 14.3. The topological polar surface area (TPSA) is 125 Å². The molecule has 0 aliphatic rings. The second-order valence-electron chi connectivity index (χ2n) is 5.40. The van der Waals surface area contributed by atoms with Gasteiger partial charge in [0.25, 0.3) is 5.69 Å². The maximum Gasteiger partial charge on any atom is 0.362 e. The standard InChI is InChI=1S/C18H14N2O7/c1-25-15-6-3-10(7-17(15)26-2)14(21)9-13-18(22)27-16-8-11(20(23)24)4-5-12(16)19-13/h3-9,21H,1-2H3. The van der Waals surface area contributed by atoms with Crippen molar-refractivity contribution in [2.45, 2.75) is 0 Å². The van der Waals surface area contributed by atoms with Crippen molar-refractivity contribution in [2.75, 3.05) is 14.2 Å². The van der Waals surface area contributed by atoms with Crippen LogP contribution in [-0.2, 0) is 0 Å². The number of aromatic nitrogens is 1. The van der Waals surface area contributed by atoms with Gasteiger partial charge in [-0.15, -0.1) is 0 Å². The highest BCUT2D eigenvalue weighted by atomic mass is 16.6. The number of aliphatic hydroxyl groups is 1. The minimum atomic E-state index is -0.838. The van der Waals surface area contributed by atoms with Gasteiger partial charge in [0.2, 0.25) is 0 Å². The fraction of sp³-hybridized carbons (Fsp3) is 0.111. The predicted octanol–water partition coefficient (Wildman–Crippen LogP) is 3.17. The first-order valence-corrected chi connectivity index (χ1v) is 7.65. The van der Waals surface area contributed by atoms with Crippen molar-refractivity contribution in [3.8, 4) is 11.5 Å². The molecular weight excluding hydrogens is 356 g/mol. The second-order valence-corrected chi connectivity index (χ2v) is 5.40. The molecular formula is C18H14N2O7. The zero-order valence-corrected chi connectivity index (χ0v) is 14.3. The van der Waals surface area contributed by atoms with Gasteiger partial charge in [-0.25, -0.2) is 9.78 Å². The minimum absolute atomic E-state index is 0.0167. The Morgan fingerprint density at radius 1 is 1.19 bits per heavy atom. The van der Waals surface area contributed by atoms with Gasteiger partial charge in [0.05, 0.1) is 25.2 Å². The van der Waals surface area contributed by atoms with Crippen molar-refractivity contribution in [3.05, 3.63) is 68.2 Å². The van der Waals surface area contributed by atoms with Gasteiger partial charge in [0.15, 0.2) is 22.8 Å². The van der Waals surface area contributed by atoms with Crippen molar-refractivity contribution < 1.29 is 23.9 Å². The molecule has 0 unspecified atom stereocenters. The second kappa shape index (κ2) is 7.16. The monoisotopic (exact) mass is 370 g/mol. The van der Waals surface area contributed by atoms with E-state index in [0.717, 1.165) is 12.1 Å². The minimum Gasteiger partial charge on any atom is -0.507 e. The lowest BCUT2D eigenvalue weighted by molar-refractivity contribution is -0.384. The molecule has 0 spiro atoms. The highest BCUT2D eigenvalue weighted by Crippen LogP contribution is 2.30. The Hall–Kier alpha value is -3.88. The van der Waals surface area contributed by atoms with E-state index in [-0.39, 0.29) is 28.2 Å². The first-order valence-electron chi connectivity index (χ1n) is 7.65. The highest BCUT2D eigenvalue weighted by molar-refractivity contribution is 5.79. The molecule has 0 aliphatic heterocycles. The number of aliphatic hydroxyl groups excluding tert-OH is 1. The van der Waals surface area contributed by atoms with Crippen LogP contribution in [0.2, 0.25) is 0 Å². The number of rotatable bonds is 5. The number of fused-ring (bicyclic) bond motifs is 1. The van der Waals surface area contributed by atoms with Crippen LogP contribution < -0.4 is 15.1 Å². The van der Waals surface area contributed by atoms with E-state index >= 15 is 0 Å². The summed E-state index contributed by atoms with van der Waals surface area (Å²) in [6.07, 6.45) is 1.15. The van der Waals surface area contributed by atoms with E-state index in [1.54, 1.807) is 12.1 Å². The van der Waals surface area contributed by atoms with E-state index in [1.165, 1.54) is 32.4 Å². The van der Waals surface area contributed by atoms with Crippen LogP contribution >= 0.6 is 0 Å². The molecule has 2 aromatic carbocycles. The molecule has 3 aromatic rings. The van der Waals surface area contributed by atoms with Gasteiger partial charge in [-0.3, -0.25) is 10.1 Å². The van der Waals surface area contributed by atoms with E-state index in [9.17, 15) is 20.0 Å². The van der Waals surface area contributed by atoms with Crippen molar-refractivity contribution in [3.63, 3.8) is 0 Å². The number of benzene rings is 2. The normalized spacial score (nSPS) is 11.4. The molecule has 138 valence electrons. The first kappa shape index (κ1) is 17.9. The van der Waals surface area contributed by atoms with Crippen molar-refractivity contribution >= 4 is 28.6 Å². The molecule has 0 bridgehead atoms. The number of ether oxygens (including phenoxy) is 2. The average Bonchev–Trinajstić information content (AvgIpc) is 2.67. The van der Waals surface area contributed by atoms with E-state index < -0.39 is 10.5 Å². The Kier molecular flexibility index (Phi) is 4.75. The average molecular weight is 370 g/mol. The molecule has 3 rings (SSSR count). The summed E-state index contributed by atoms with van der Waals surface area (Å²) in [6, 6.07) is 8.45. The van der Waals surface area contributed by atoms with Crippen LogP contribution in [0, 0.1) is 10.1 Å². The summed E-state index contributed by atoms with van der Waals surface area (Å²) < 4.78 is 15.4. The van der Waals surface area contributed by atoms with Crippen LogP contribution in [0.5, 0.6) is 11.5 Å². The van der Waals surface area contributed by atoms with Gasteiger partial charge >= 0.3 is 5.63 Å². The van der Waals surface area contributed by atoms with E-state index in [0.29, 0.717) is 17.1 Å². The molecule has 1 heterocycles. The molecule has 1 N–H and O–H groups in total. The largest absolute Gasteiger partial charge is 0.507 e.